The van der Waals surface area contributed by atoms with Crippen LogP contribution >= 0.6 is 0 Å². The fourth-order valence-electron chi connectivity index (χ4n) is 2.40. The molecule has 2 aromatic heterocycles. The van der Waals surface area contributed by atoms with Crippen molar-refractivity contribution in [3.63, 3.8) is 0 Å². The molecule has 25 heavy (non-hydrogen) atoms. The van der Waals surface area contributed by atoms with E-state index in [1.807, 2.05) is 36.4 Å². The van der Waals surface area contributed by atoms with Crippen LogP contribution in [0.2, 0.25) is 0 Å². The Morgan fingerprint density at radius 3 is 2.84 bits per heavy atom. The first-order valence-electron chi connectivity index (χ1n) is 8.16. The van der Waals surface area contributed by atoms with Crippen molar-refractivity contribution in [3.05, 3.63) is 48.3 Å². The monoisotopic (exact) mass is 359 g/mol. The number of unbranched alkanes of at least 4 members (excludes halogenated alkanes) is 1. The van der Waals surface area contributed by atoms with Crippen LogP contribution in [0.3, 0.4) is 0 Å². The van der Waals surface area contributed by atoms with Crippen molar-refractivity contribution in [2.24, 2.45) is 0 Å². The highest BCUT2D eigenvalue weighted by molar-refractivity contribution is 7.84. The van der Waals surface area contributed by atoms with Gasteiger partial charge in [0.15, 0.2) is 5.16 Å². The quantitative estimate of drug-likeness (QED) is 0.594. The Hall–Kier alpha value is -2.25. The molecule has 1 N–H and O–H groups in total. The highest BCUT2D eigenvalue weighted by atomic mass is 32.2. The van der Waals surface area contributed by atoms with Crippen LogP contribution in [0.5, 0.6) is 5.75 Å². The molecule has 1 atom stereocenters. The molecule has 7 heteroatoms. The van der Waals surface area contributed by atoms with Crippen LogP contribution in [0.15, 0.2) is 47.8 Å². The highest BCUT2D eigenvalue weighted by Gasteiger charge is 2.12. The summed E-state index contributed by atoms with van der Waals surface area (Å²) < 4.78 is 23.3. The van der Waals surface area contributed by atoms with E-state index in [9.17, 15) is 4.21 Å². The Balaban J connectivity index is 1.60. The first-order chi connectivity index (χ1) is 12.3. The molecular weight excluding hydrogens is 338 g/mol. The van der Waals surface area contributed by atoms with Crippen molar-refractivity contribution in [1.29, 1.82) is 0 Å². The lowest BCUT2D eigenvalue weighted by molar-refractivity contribution is 0.184. The summed E-state index contributed by atoms with van der Waals surface area (Å²) in [6, 6.07) is 11.3. The summed E-state index contributed by atoms with van der Waals surface area (Å²) in [4.78, 5) is 11.8. The molecule has 3 rings (SSSR count). The number of rotatable bonds is 9. The average Bonchev–Trinajstić information content (AvgIpc) is 3.06. The topological polar surface area (TPSA) is 77.1 Å². The largest absolute Gasteiger partial charge is 0.493 e. The van der Waals surface area contributed by atoms with Gasteiger partial charge in [0.1, 0.15) is 5.75 Å². The Labute approximate surface area is 149 Å². The number of pyridine rings is 1. The minimum absolute atomic E-state index is 0.292. The van der Waals surface area contributed by atoms with Gasteiger partial charge in [-0.05, 0) is 31.0 Å². The predicted molar refractivity (Wildman–Crippen MR) is 97.0 cm³/mol. The van der Waals surface area contributed by atoms with E-state index < -0.39 is 10.8 Å². The van der Waals surface area contributed by atoms with Gasteiger partial charge in [-0.15, -0.1) is 0 Å². The molecular formula is C18H21N3O3S. The fraction of sp³-hybridized carbons (Fsp3) is 0.333. The van der Waals surface area contributed by atoms with Crippen molar-refractivity contribution >= 4 is 21.8 Å². The van der Waals surface area contributed by atoms with E-state index in [1.165, 1.54) is 0 Å². The lowest BCUT2D eigenvalue weighted by Crippen LogP contribution is -2.03. The molecule has 6 nitrogen and oxygen atoms in total. The number of nitrogens with zero attached hydrogens (tertiary/aromatic N) is 2. The maximum Gasteiger partial charge on any atom is 0.197 e. The summed E-state index contributed by atoms with van der Waals surface area (Å²) >= 11 is 0. The van der Waals surface area contributed by atoms with Crippen LogP contribution in [-0.2, 0) is 21.3 Å². The molecule has 0 aliphatic rings. The third-order valence-corrected chi connectivity index (χ3v) is 4.84. The van der Waals surface area contributed by atoms with E-state index in [0.717, 1.165) is 36.2 Å². The molecule has 2 heterocycles. The summed E-state index contributed by atoms with van der Waals surface area (Å²) in [5.41, 5.74) is 2.41. The molecule has 3 aromatic rings. The summed E-state index contributed by atoms with van der Waals surface area (Å²) in [5, 5.41) is 0.467. The minimum atomic E-state index is -1.29. The third-order valence-electron chi connectivity index (χ3n) is 3.66. The zero-order valence-corrected chi connectivity index (χ0v) is 14.9. The van der Waals surface area contributed by atoms with Gasteiger partial charge in [0, 0.05) is 26.0 Å². The molecule has 1 aromatic carbocycles. The predicted octanol–water partition coefficient (Wildman–Crippen LogP) is 3.07. The summed E-state index contributed by atoms with van der Waals surface area (Å²) in [7, 11) is 0.406. The average molecular weight is 359 g/mol. The number of H-pyrrole nitrogens is 1. The standard InChI is InChI=1S/C18H21N3O3S/c1-23-10-4-5-11-24-15-8-9-19-14(12-15)13-25(22)18-20-16-6-2-3-7-17(16)21-18/h2-3,6-9,12H,4-5,10-11,13H2,1H3,(H,20,21). The number of aromatic amines is 1. The van der Waals surface area contributed by atoms with Gasteiger partial charge in [0.05, 0.1) is 39.9 Å². The summed E-state index contributed by atoms with van der Waals surface area (Å²) in [6.07, 6.45) is 3.57. The number of hydrogen-bond donors (Lipinski definition) is 1. The summed E-state index contributed by atoms with van der Waals surface area (Å²) in [5.74, 6) is 1.03. The zero-order chi connectivity index (χ0) is 17.5. The number of benzene rings is 1. The first kappa shape index (κ1) is 17.6. The van der Waals surface area contributed by atoms with Gasteiger partial charge in [-0.3, -0.25) is 9.19 Å². The van der Waals surface area contributed by atoms with Crippen molar-refractivity contribution < 1.29 is 13.7 Å². The van der Waals surface area contributed by atoms with Gasteiger partial charge in [0.25, 0.3) is 0 Å². The highest BCUT2D eigenvalue weighted by Crippen LogP contribution is 2.17. The van der Waals surface area contributed by atoms with Gasteiger partial charge in [-0.1, -0.05) is 12.1 Å². The molecule has 1 unspecified atom stereocenters. The molecule has 0 aliphatic carbocycles. The molecule has 132 valence electrons. The Morgan fingerprint density at radius 2 is 2.00 bits per heavy atom. The van der Waals surface area contributed by atoms with Gasteiger partial charge < -0.3 is 14.5 Å². The number of hydrogen-bond acceptors (Lipinski definition) is 5. The molecule has 0 saturated carbocycles. The number of imidazole rings is 1. The Bertz CT molecular complexity index is 817. The lowest BCUT2D eigenvalue weighted by atomic mass is 10.3. The molecule has 0 radical (unpaired) electrons. The second kappa shape index (κ2) is 8.73. The van der Waals surface area contributed by atoms with Crippen LogP contribution in [0.1, 0.15) is 18.5 Å². The van der Waals surface area contributed by atoms with Crippen molar-refractivity contribution in [3.8, 4) is 5.75 Å². The molecule has 0 spiro atoms. The van der Waals surface area contributed by atoms with Crippen LogP contribution in [0, 0.1) is 0 Å². The maximum atomic E-state index is 12.5. The van der Waals surface area contributed by atoms with Crippen LogP contribution in [0.4, 0.5) is 0 Å². The van der Waals surface area contributed by atoms with E-state index in [0.29, 0.717) is 23.2 Å². The van der Waals surface area contributed by atoms with E-state index in [-0.39, 0.29) is 0 Å². The molecule has 0 bridgehead atoms. The zero-order valence-electron chi connectivity index (χ0n) is 14.1. The SMILES string of the molecule is COCCCCOc1ccnc(CS(=O)c2nc3ccccc3[nH]2)c1. The smallest absolute Gasteiger partial charge is 0.197 e. The Morgan fingerprint density at radius 1 is 1.16 bits per heavy atom. The van der Waals surface area contributed by atoms with Crippen LogP contribution in [0.25, 0.3) is 11.0 Å². The molecule has 0 saturated heterocycles. The van der Waals surface area contributed by atoms with Crippen molar-refractivity contribution in [2.75, 3.05) is 20.3 Å². The number of nitrogens with one attached hydrogen (secondary N) is 1. The number of fused-ring (bicyclic) bond motifs is 1. The number of aromatic nitrogens is 3. The van der Waals surface area contributed by atoms with Gasteiger partial charge in [-0.2, -0.15) is 0 Å². The van der Waals surface area contributed by atoms with E-state index in [2.05, 4.69) is 15.0 Å². The van der Waals surface area contributed by atoms with Crippen LogP contribution < -0.4 is 4.74 Å². The number of methoxy groups -OCH3 is 1. The van der Waals surface area contributed by atoms with Gasteiger partial charge >= 0.3 is 0 Å². The lowest BCUT2D eigenvalue weighted by Gasteiger charge is -2.07. The molecule has 0 aliphatic heterocycles. The van der Waals surface area contributed by atoms with Crippen molar-refractivity contribution in [1.82, 2.24) is 15.0 Å². The fourth-order valence-corrected chi connectivity index (χ4v) is 3.39. The summed E-state index contributed by atoms with van der Waals surface area (Å²) in [6.45, 7) is 1.36. The second-order valence-electron chi connectivity index (χ2n) is 5.58. The van der Waals surface area contributed by atoms with E-state index in [1.54, 1.807) is 13.3 Å². The number of para-hydroxylation sites is 2. The second-order valence-corrected chi connectivity index (χ2v) is 6.95. The Kier molecular flexibility index (Phi) is 6.14. The maximum absolute atomic E-state index is 12.5. The number of ether oxygens (including phenoxy) is 2. The van der Waals surface area contributed by atoms with Gasteiger partial charge in [-0.25, -0.2) is 4.98 Å². The van der Waals surface area contributed by atoms with Crippen LogP contribution in [-0.4, -0.2) is 39.5 Å². The van der Waals surface area contributed by atoms with E-state index >= 15 is 0 Å². The molecule has 0 amide bonds. The van der Waals surface area contributed by atoms with Crippen molar-refractivity contribution in [2.45, 2.75) is 23.8 Å². The third kappa shape index (κ3) is 4.87. The van der Waals surface area contributed by atoms with E-state index in [4.69, 9.17) is 9.47 Å². The molecule has 0 fully saturated rings. The normalized spacial score (nSPS) is 12.4. The van der Waals surface area contributed by atoms with Gasteiger partial charge in [0.2, 0.25) is 0 Å². The minimum Gasteiger partial charge on any atom is -0.493 e. The first-order valence-corrected chi connectivity index (χ1v) is 9.48.